The van der Waals surface area contributed by atoms with Crippen LogP contribution in [-0.2, 0) is 4.79 Å². The first-order valence-corrected chi connectivity index (χ1v) is 8.71. The van der Waals surface area contributed by atoms with E-state index >= 15 is 0 Å². The molecule has 1 unspecified atom stereocenters. The molecule has 3 aromatic rings. The highest BCUT2D eigenvalue weighted by atomic mass is 16.5. The Morgan fingerprint density at radius 1 is 0.929 bits per heavy atom. The van der Waals surface area contributed by atoms with Gasteiger partial charge in [0.1, 0.15) is 17.5 Å². The maximum absolute atomic E-state index is 12.6. The van der Waals surface area contributed by atoms with Gasteiger partial charge in [-0.1, -0.05) is 0 Å². The second-order valence-corrected chi connectivity index (χ2v) is 6.12. The van der Waals surface area contributed by atoms with Crippen molar-refractivity contribution in [2.24, 2.45) is 0 Å². The SMILES string of the molecule is COc1ccc(NC(=O)C(C)n2nc(-c3ccc(OC)cc3)ccc2=O)cc1. The molecule has 0 aliphatic carbocycles. The number of benzene rings is 2. The van der Waals surface area contributed by atoms with Crippen molar-refractivity contribution in [1.82, 2.24) is 9.78 Å². The molecule has 0 bridgehead atoms. The summed E-state index contributed by atoms with van der Waals surface area (Å²) in [7, 11) is 3.17. The third-order valence-electron chi connectivity index (χ3n) is 4.31. The van der Waals surface area contributed by atoms with Gasteiger partial charge in [0.15, 0.2) is 0 Å². The highest BCUT2D eigenvalue weighted by Crippen LogP contribution is 2.20. The third-order valence-corrected chi connectivity index (χ3v) is 4.31. The van der Waals surface area contributed by atoms with E-state index in [1.807, 2.05) is 24.3 Å². The second-order valence-electron chi connectivity index (χ2n) is 6.12. The maximum atomic E-state index is 12.6. The van der Waals surface area contributed by atoms with Gasteiger partial charge in [0.2, 0.25) is 5.91 Å². The molecule has 1 atom stereocenters. The monoisotopic (exact) mass is 379 g/mol. The van der Waals surface area contributed by atoms with Crippen LogP contribution >= 0.6 is 0 Å². The smallest absolute Gasteiger partial charge is 0.267 e. The summed E-state index contributed by atoms with van der Waals surface area (Å²) in [5, 5.41) is 7.15. The minimum Gasteiger partial charge on any atom is -0.497 e. The van der Waals surface area contributed by atoms with E-state index in [4.69, 9.17) is 9.47 Å². The molecular formula is C21H21N3O4. The average Bonchev–Trinajstić information content (AvgIpc) is 2.74. The molecule has 1 N–H and O–H groups in total. The fourth-order valence-electron chi connectivity index (χ4n) is 2.65. The molecule has 0 aliphatic rings. The van der Waals surface area contributed by atoms with Gasteiger partial charge in [-0.15, -0.1) is 0 Å². The van der Waals surface area contributed by atoms with Crippen molar-refractivity contribution in [2.75, 3.05) is 19.5 Å². The molecule has 0 saturated carbocycles. The summed E-state index contributed by atoms with van der Waals surface area (Å²) in [4.78, 5) is 24.9. The Morgan fingerprint density at radius 3 is 2.07 bits per heavy atom. The fourth-order valence-corrected chi connectivity index (χ4v) is 2.65. The molecule has 0 spiro atoms. The second kappa shape index (κ2) is 8.39. The first kappa shape index (κ1) is 19.2. The fraction of sp³-hybridized carbons (Fsp3) is 0.190. The van der Waals surface area contributed by atoms with E-state index in [1.54, 1.807) is 51.5 Å². The first-order valence-electron chi connectivity index (χ1n) is 8.71. The van der Waals surface area contributed by atoms with Crippen molar-refractivity contribution in [3.05, 3.63) is 71.0 Å². The topological polar surface area (TPSA) is 82.4 Å². The largest absolute Gasteiger partial charge is 0.497 e. The lowest BCUT2D eigenvalue weighted by Crippen LogP contribution is -2.33. The van der Waals surface area contributed by atoms with Crippen LogP contribution in [0, 0.1) is 0 Å². The van der Waals surface area contributed by atoms with E-state index in [1.165, 1.54) is 10.7 Å². The highest BCUT2D eigenvalue weighted by molar-refractivity contribution is 5.93. The van der Waals surface area contributed by atoms with Gasteiger partial charge in [-0.25, -0.2) is 4.68 Å². The standard InChI is InChI=1S/C21H21N3O4/c1-14(21(26)22-16-6-10-18(28-3)11-7-16)24-20(25)13-12-19(23-24)15-4-8-17(27-2)9-5-15/h4-14H,1-3H3,(H,22,26). The van der Waals surface area contributed by atoms with Crippen LogP contribution in [0.15, 0.2) is 65.5 Å². The van der Waals surface area contributed by atoms with Gasteiger partial charge < -0.3 is 14.8 Å². The summed E-state index contributed by atoms with van der Waals surface area (Å²) in [5.41, 5.74) is 1.66. The number of amides is 1. The number of carbonyl (C=O) groups is 1. The molecule has 7 nitrogen and oxygen atoms in total. The molecule has 1 aromatic heterocycles. The number of methoxy groups -OCH3 is 2. The number of anilines is 1. The number of hydrogen-bond donors (Lipinski definition) is 1. The minimum absolute atomic E-state index is 0.341. The molecule has 0 saturated heterocycles. The van der Waals surface area contributed by atoms with Gasteiger partial charge >= 0.3 is 0 Å². The number of carbonyl (C=O) groups excluding carboxylic acids is 1. The lowest BCUT2D eigenvalue weighted by molar-refractivity contribution is -0.119. The number of hydrogen-bond acceptors (Lipinski definition) is 5. The Labute approximate surface area is 162 Å². The van der Waals surface area contributed by atoms with Crippen LogP contribution in [0.2, 0.25) is 0 Å². The van der Waals surface area contributed by atoms with Gasteiger partial charge in [0, 0.05) is 17.3 Å². The molecule has 1 heterocycles. The molecule has 0 aliphatic heterocycles. The third kappa shape index (κ3) is 4.20. The summed E-state index contributed by atoms with van der Waals surface area (Å²) in [6.07, 6.45) is 0. The summed E-state index contributed by atoms with van der Waals surface area (Å²) < 4.78 is 11.4. The normalized spacial score (nSPS) is 11.5. The van der Waals surface area contributed by atoms with Gasteiger partial charge in [0.25, 0.3) is 5.56 Å². The Hall–Kier alpha value is -3.61. The van der Waals surface area contributed by atoms with E-state index in [-0.39, 0.29) is 11.5 Å². The van der Waals surface area contributed by atoms with Crippen LogP contribution in [0.3, 0.4) is 0 Å². The number of nitrogens with zero attached hydrogens (tertiary/aromatic N) is 2. The maximum Gasteiger partial charge on any atom is 0.267 e. The zero-order valence-corrected chi connectivity index (χ0v) is 15.9. The van der Waals surface area contributed by atoms with Crippen molar-refractivity contribution in [3.8, 4) is 22.8 Å². The lowest BCUT2D eigenvalue weighted by Gasteiger charge is -2.15. The molecule has 2 aromatic carbocycles. The first-order chi connectivity index (χ1) is 13.5. The molecule has 0 radical (unpaired) electrons. The number of nitrogens with one attached hydrogen (secondary N) is 1. The van der Waals surface area contributed by atoms with E-state index in [2.05, 4.69) is 10.4 Å². The molecular weight excluding hydrogens is 358 g/mol. The molecule has 7 heteroatoms. The van der Waals surface area contributed by atoms with Crippen LogP contribution in [0.25, 0.3) is 11.3 Å². The van der Waals surface area contributed by atoms with E-state index < -0.39 is 6.04 Å². The van der Waals surface area contributed by atoms with Crippen molar-refractivity contribution in [2.45, 2.75) is 13.0 Å². The van der Waals surface area contributed by atoms with E-state index in [9.17, 15) is 9.59 Å². The van der Waals surface area contributed by atoms with Crippen molar-refractivity contribution >= 4 is 11.6 Å². The van der Waals surface area contributed by atoms with Crippen molar-refractivity contribution in [1.29, 1.82) is 0 Å². The van der Waals surface area contributed by atoms with Gasteiger partial charge in [-0.3, -0.25) is 9.59 Å². The number of aromatic nitrogens is 2. The predicted molar refractivity (Wildman–Crippen MR) is 107 cm³/mol. The molecule has 3 rings (SSSR count). The van der Waals surface area contributed by atoms with Crippen molar-refractivity contribution < 1.29 is 14.3 Å². The van der Waals surface area contributed by atoms with Crippen LogP contribution in [0.1, 0.15) is 13.0 Å². The Balaban J connectivity index is 1.82. The Kier molecular flexibility index (Phi) is 5.74. The zero-order chi connectivity index (χ0) is 20.1. The highest BCUT2D eigenvalue weighted by Gasteiger charge is 2.18. The molecule has 144 valence electrons. The lowest BCUT2D eigenvalue weighted by atomic mass is 10.1. The Bertz CT molecular complexity index is 1010. The quantitative estimate of drug-likeness (QED) is 0.712. The van der Waals surface area contributed by atoms with E-state index in [0.29, 0.717) is 17.1 Å². The zero-order valence-electron chi connectivity index (χ0n) is 15.9. The van der Waals surface area contributed by atoms with Crippen LogP contribution in [-0.4, -0.2) is 29.9 Å². The van der Waals surface area contributed by atoms with Crippen molar-refractivity contribution in [3.63, 3.8) is 0 Å². The summed E-state index contributed by atoms with van der Waals surface area (Å²) in [6, 6.07) is 16.5. The van der Waals surface area contributed by atoms with Crippen LogP contribution in [0.4, 0.5) is 5.69 Å². The summed E-state index contributed by atoms with van der Waals surface area (Å²) in [6.45, 7) is 1.63. The van der Waals surface area contributed by atoms with Crippen LogP contribution < -0.4 is 20.3 Å². The van der Waals surface area contributed by atoms with Gasteiger partial charge in [0.05, 0.1) is 19.9 Å². The molecule has 1 amide bonds. The number of ether oxygens (including phenoxy) is 2. The minimum atomic E-state index is -0.784. The average molecular weight is 379 g/mol. The molecule has 0 fully saturated rings. The van der Waals surface area contributed by atoms with Gasteiger partial charge in [-0.05, 0) is 61.5 Å². The predicted octanol–water partition coefficient (Wildman–Crippen LogP) is 3.13. The Morgan fingerprint density at radius 2 is 1.50 bits per heavy atom. The van der Waals surface area contributed by atoms with Gasteiger partial charge in [-0.2, -0.15) is 5.10 Å². The molecule has 28 heavy (non-hydrogen) atoms. The summed E-state index contributed by atoms with van der Waals surface area (Å²) in [5.74, 6) is 1.08. The summed E-state index contributed by atoms with van der Waals surface area (Å²) >= 11 is 0. The van der Waals surface area contributed by atoms with Crippen LogP contribution in [0.5, 0.6) is 11.5 Å². The number of rotatable bonds is 6. The van der Waals surface area contributed by atoms with E-state index in [0.717, 1.165) is 11.3 Å².